The molecule has 1 atom stereocenters. The lowest BCUT2D eigenvalue weighted by Crippen LogP contribution is -2.30. The zero-order chi connectivity index (χ0) is 12.1. The molecule has 0 spiro atoms. The van der Waals surface area contributed by atoms with Crippen LogP contribution in [0.4, 0.5) is 0 Å². The number of ether oxygens (including phenoxy) is 1. The molecule has 2 rings (SSSR count). The second kappa shape index (κ2) is 5.33. The van der Waals surface area contributed by atoms with Crippen molar-refractivity contribution in [3.8, 4) is 5.88 Å². The summed E-state index contributed by atoms with van der Waals surface area (Å²) in [6.07, 6.45) is 6.57. The average molecular weight is 231 g/mol. The van der Waals surface area contributed by atoms with Crippen LogP contribution in [0.5, 0.6) is 5.88 Å². The molecule has 0 saturated carbocycles. The summed E-state index contributed by atoms with van der Waals surface area (Å²) >= 11 is 0. The number of pyridine rings is 1. The third-order valence-corrected chi connectivity index (χ3v) is 2.36. The normalized spacial score (nSPS) is 12.1. The first-order valence-corrected chi connectivity index (χ1v) is 5.07. The molecule has 0 amide bonds. The molecule has 3 N–H and O–H groups in total. The lowest BCUT2D eigenvalue weighted by Gasteiger charge is -2.16. The van der Waals surface area contributed by atoms with Gasteiger partial charge in [-0.25, -0.2) is 10.4 Å². The van der Waals surface area contributed by atoms with Gasteiger partial charge in [-0.2, -0.15) is 0 Å². The van der Waals surface area contributed by atoms with Crippen molar-refractivity contribution in [3.05, 3.63) is 48.2 Å². The highest BCUT2D eigenvalue weighted by Crippen LogP contribution is 2.24. The fraction of sp³-hybridized carbons (Fsp3) is 0.182. The van der Waals surface area contributed by atoms with Gasteiger partial charge in [0, 0.05) is 24.8 Å². The minimum absolute atomic E-state index is 0.276. The van der Waals surface area contributed by atoms with E-state index in [1.165, 1.54) is 0 Å². The summed E-state index contributed by atoms with van der Waals surface area (Å²) in [4.78, 5) is 12.3. The lowest BCUT2D eigenvalue weighted by molar-refractivity contribution is 0.383. The Morgan fingerprint density at radius 2 is 1.88 bits per heavy atom. The summed E-state index contributed by atoms with van der Waals surface area (Å²) < 4.78 is 5.16. The molecule has 6 heteroatoms. The fourth-order valence-corrected chi connectivity index (χ4v) is 1.58. The predicted octanol–water partition coefficient (Wildman–Crippen LogP) is 0.433. The topological polar surface area (TPSA) is 86.0 Å². The fourth-order valence-electron chi connectivity index (χ4n) is 1.58. The molecular weight excluding hydrogens is 218 g/mol. The summed E-state index contributed by atoms with van der Waals surface area (Å²) in [6.45, 7) is 0. The van der Waals surface area contributed by atoms with Gasteiger partial charge in [0.15, 0.2) is 0 Å². The largest absolute Gasteiger partial charge is 0.480 e. The van der Waals surface area contributed by atoms with Gasteiger partial charge >= 0.3 is 0 Å². The first-order chi connectivity index (χ1) is 8.36. The molecule has 2 heterocycles. The molecular formula is C11H13N5O. The van der Waals surface area contributed by atoms with Crippen molar-refractivity contribution in [2.45, 2.75) is 6.04 Å². The maximum absolute atomic E-state index is 5.57. The third-order valence-electron chi connectivity index (χ3n) is 2.36. The highest BCUT2D eigenvalue weighted by Gasteiger charge is 2.18. The summed E-state index contributed by atoms with van der Waals surface area (Å²) in [7, 11) is 1.55. The number of hydrogen-bond acceptors (Lipinski definition) is 6. The number of methoxy groups -OCH3 is 1. The minimum Gasteiger partial charge on any atom is -0.480 e. The Bertz CT molecular complexity index is 476. The van der Waals surface area contributed by atoms with Crippen molar-refractivity contribution < 1.29 is 4.74 Å². The van der Waals surface area contributed by atoms with Gasteiger partial charge in [-0.05, 0) is 17.7 Å². The Morgan fingerprint density at radius 1 is 1.18 bits per heavy atom. The Balaban J connectivity index is 2.42. The number of nitrogens with two attached hydrogens (primary N) is 1. The van der Waals surface area contributed by atoms with Gasteiger partial charge in [0.1, 0.15) is 5.69 Å². The van der Waals surface area contributed by atoms with Crippen LogP contribution in [0.25, 0.3) is 0 Å². The molecule has 0 bridgehead atoms. The van der Waals surface area contributed by atoms with E-state index in [1.54, 1.807) is 31.9 Å². The van der Waals surface area contributed by atoms with E-state index in [1.807, 2.05) is 12.1 Å². The van der Waals surface area contributed by atoms with Crippen molar-refractivity contribution in [3.63, 3.8) is 0 Å². The minimum atomic E-state index is -0.276. The summed E-state index contributed by atoms with van der Waals surface area (Å²) in [6, 6.07) is 3.44. The second-order valence-corrected chi connectivity index (χ2v) is 3.33. The Morgan fingerprint density at radius 3 is 2.53 bits per heavy atom. The number of nitrogens with one attached hydrogen (secondary N) is 1. The molecule has 2 aromatic heterocycles. The van der Waals surface area contributed by atoms with Crippen LogP contribution >= 0.6 is 0 Å². The highest BCUT2D eigenvalue weighted by atomic mass is 16.5. The number of aromatic nitrogens is 3. The molecule has 17 heavy (non-hydrogen) atoms. The lowest BCUT2D eigenvalue weighted by atomic mass is 10.1. The molecule has 1 unspecified atom stereocenters. The summed E-state index contributed by atoms with van der Waals surface area (Å²) in [5, 5.41) is 0. The van der Waals surface area contributed by atoms with Gasteiger partial charge in [0.25, 0.3) is 0 Å². The van der Waals surface area contributed by atoms with Crippen LogP contribution in [-0.4, -0.2) is 22.1 Å². The van der Waals surface area contributed by atoms with E-state index in [0.717, 1.165) is 5.56 Å². The Hall–Kier alpha value is -2.05. The molecule has 0 fully saturated rings. The van der Waals surface area contributed by atoms with Gasteiger partial charge in [0.2, 0.25) is 5.88 Å². The van der Waals surface area contributed by atoms with Crippen LogP contribution in [0.3, 0.4) is 0 Å². The smallest absolute Gasteiger partial charge is 0.237 e. The molecule has 6 nitrogen and oxygen atoms in total. The van der Waals surface area contributed by atoms with Crippen LogP contribution in [0.1, 0.15) is 17.3 Å². The quantitative estimate of drug-likeness (QED) is 0.586. The number of hydrazine groups is 1. The van der Waals surface area contributed by atoms with Crippen LogP contribution < -0.4 is 16.0 Å². The monoisotopic (exact) mass is 231 g/mol. The van der Waals surface area contributed by atoms with Gasteiger partial charge in [-0.15, -0.1) is 0 Å². The van der Waals surface area contributed by atoms with E-state index >= 15 is 0 Å². The number of hydrogen-bond donors (Lipinski definition) is 2. The zero-order valence-corrected chi connectivity index (χ0v) is 9.37. The first kappa shape index (κ1) is 11.4. The van der Waals surface area contributed by atoms with Gasteiger partial charge in [0.05, 0.1) is 13.2 Å². The Kier molecular flexibility index (Phi) is 3.59. The SMILES string of the molecule is COc1nccnc1C(NN)c1ccncc1. The first-order valence-electron chi connectivity index (χ1n) is 5.07. The van der Waals surface area contributed by atoms with Gasteiger partial charge in [-0.3, -0.25) is 15.8 Å². The van der Waals surface area contributed by atoms with E-state index < -0.39 is 0 Å². The molecule has 0 aliphatic rings. The maximum atomic E-state index is 5.57. The van der Waals surface area contributed by atoms with E-state index in [9.17, 15) is 0 Å². The highest BCUT2D eigenvalue weighted by molar-refractivity contribution is 5.31. The van der Waals surface area contributed by atoms with E-state index in [2.05, 4.69) is 20.4 Å². The standard InChI is InChI=1S/C11H13N5O/c1-17-11-10(14-6-7-15-11)9(16-12)8-2-4-13-5-3-8/h2-7,9,16H,12H2,1H3. The molecule has 0 aliphatic heterocycles. The molecule has 0 aromatic carbocycles. The summed E-state index contributed by atoms with van der Waals surface area (Å²) in [5.74, 6) is 6.02. The van der Waals surface area contributed by atoms with Crippen molar-refractivity contribution in [2.24, 2.45) is 5.84 Å². The average Bonchev–Trinajstić information content (AvgIpc) is 2.41. The van der Waals surface area contributed by atoms with E-state index in [-0.39, 0.29) is 6.04 Å². The van der Waals surface area contributed by atoms with Gasteiger partial charge < -0.3 is 4.74 Å². The van der Waals surface area contributed by atoms with Crippen LogP contribution in [0.15, 0.2) is 36.9 Å². The van der Waals surface area contributed by atoms with Gasteiger partial charge in [-0.1, -0.05) is 0 Å². The number of nitrogens with zero attached hydrogens (tertiary/aromatic N) is 3. The van der Waals surface area contributed by atoms with E-state index in [0.29, 0.717) is 11.6 Å². The van der Waals surface area contributed by atoms with Crippen molar-refractivity contribution in [1.82, 2.24) is 20.4 Å². The molecule has 88 valence electrons. The second-order valence-electron chi connectivity index (χ2n) is 3.33. The van der Waals surface area contributed by atoms with Crippen molar-refractivity contribution in [2.75, 3.05) is 7.11 Å². The third kappa shape index (κ3) is 2.38. The van der Waals surface area contributed by atoms with Crippen LogP contribution in [-0.2, 0) is 0 Å². The molecule has 2 aromatic rings. The molecule has 0 saturated heterocycles. The number of rotatable bonds is 4. The zero-order valence-electron chi connectivity index (χ0n) is 9.37. The molecule has 0 aliphatic carbocycles. The predicted molar refractivity (Wildman–Crippen MR) is 62.0 cm³/mol. The Labute approximate surface area is 98.9 Å². The van der Waals surface area contributed by atoms with Crippen molar-refractivity contribution >= 4 is 0 Å². The molecule has 0 radical (unpaired) electrons. The maximum Gasteiger partial charge on any atom is 0.237 e. The van der Waals surface area contributed by atoms with E-state index in [4.69, 9.17) is 10.6 Å². The van der Waals surface area contributed by atoms with Crippen LogP contribution in [0.2, 0.25) is 0 Å². The van der Waals surface area contributed by atoms with Crippen molar-refractivity contribution in [1.29, 1.82) is 0 Å². The summed E-state index contributed by atoms with van der Waals surface area (Å²) in [5.41, 5.74) is 4.29. The van der Waals surface area contributed by atoms with Crippen LogP contribution in [0, 0.1) is 0 Å².